The number of carbonyl (C=O) groups is 2. The third-order valence-corrected chi connectivity index (χ3v) is 8.13. The number of hydrogen-bond acceptors (Lipinski definition) is 6. The van der Waals surface area contributed by atoms with Gasteiger partial charge in [-0.2, -0.15) is 0 Å². The van der Waals surface area contributed by atoms with Crippen LogP contribution < -0.4 is 15.4 Å². The molecule has 0 aliphatic carbocycles. The number of fused-ring (bicyclic) bond motifs is 1. The quantitative estimate of drug-likeness (QED) is 0.276. The second kappa shape index (κ2) is 17.0. The summed E-state index contributed by atoms with van der Waals surface area (Å²) in [7, 11) is 2.09. The summed E-state index contributed by atoms with van der Waals surface area (Å²) in [6.07, 6.45) is 2.39. The maximum atomic E-state index is 14.3. The van der Waals surface area contributed by atoms with Crippen molar-refractivity contribution in [3.63, 3.8) is 0 Å². The van der Waals surface area contributed by atoms with Crippen LogP contribution in [-0.4, -0.2) is 78.4 Å². The largest absolute Gasteiger partial charge is 0.490 e. The number of anilines is 2. The van der Waals surface area contributed by atoms with Crippen molar-refractivity contribution in [2.24, 2.45) is 5.92 Å². The lowest BCUT2D eigenvalue weighted by atomic mass is 10.0. The predicted octanol–water partition coefficient (Wildman–Crippen LogP) is 6.26. The van der Waals surface area contributed by atoms with Gasteiger partial charge in [0.25, 0.3) is 5.91 Å². The first kappa shape index (κ1) is 34.0. The zero-order chi connectivity index (χ0) is 32.2. The van der Waals surface area contributed by atoms with Crippen LogP contribution in [0.4, 0.5) is 16.2 Å². The highest BCUT2D eigenvalue weighted by Gasteiger charge is 2.30. The molecule has 1 heterocycles. The number of carbonyl (C=O) groups excluding carboxylic acids is 2. The van der Waals surface area contributed by atoms with Gasteiger partial charge >= 0.3 is 6.03 Å². The Labute approximate surface area is 267 Å². The Morgan fingerprint density at radius 1 is 1.00 bits per heavy atom. The van der Waals surface area contributed by atoms with Gasteiger partial charge in [-0.15, -0.1) is 0 Å². The van der Waals surface area contributed by atoms with Gasteiger partial charge in [0.15, 0.2) is 0 Å². The van der Waals surface area contributed by atoms with Crippen molar-refractivity contribution in [1.82, 2.24) is 9.80 Å². The Morgan fingerprint density at radius 2 is 1.69 bits per heavy atom. The van der Waals surface area contributed by atoms with Crippen molar-refractivity contribution in [1.29, 1.82) is 0 Å². The van der Waals surface area contributed by atoms with Gasteiger partial charge in [0.05, 0.1) is 30.4 Å². The SMILES string of the molecule is C[C@H]1CCCCO[C@@H](CN(C)Cc2ccccc2)[C@@H](C)CN([C@@H](C)CO)C(=O)c2cc(NC(=O)Nc3ccccc3)ccc2O1. The number of rotatable bonds is 8. The van der Waals surface area contributed by atoms with Crippen molar-refractivity contribution >= 4 is 23.3 Å². The maximum Gasteiger partial charge on any atom is 0.323 e. The van der Waals surface area contributed by atoms with E-state index in [0.29, 0.717) is 42.4 Å². The van der Waals surface area contributed by atoms with Gasteiger partial charge in [-0.1, -0.05) is 55.5 Å². The van der Waals surface area contributed by atoms with Crippen LogP contribution in [0.15, 0.2) is 78.9 Å². The molecule has 0 spiro atoms. The van der Waals surface area contributed by atoms with Crippen molar-refractivity contribution in [3.8, 4) is 5.75 Å². The van der Waals surface area contributed by atoms with Gasteiger partial charge in [-0.25, -0.2) is 4.79 Å². The fourth-order valence-corrected chi connectivity index (χ4v) is 5.54. The average Bonchev–Trinajstić information content (AvgIpc) is 3.03. The number of para-hydroxylation sites is 1. The zero-order valence-electron chi connectivity index (χ0n) is 26.9. The molecule has 0 fully saturated rings. The molecule has 0 bridgehead atoms. The number of urea groups is 1. The lowest BCUT2D eigenvalue weighted by Gasteiger charge is -2.36. The summed E-state index contributed by atoms with van der Waals surface area (Å²) < 4.78 is 12.8. The molecule has 0 saturated heterocycles. The van der Waals surface area contributed by atoms with Crippen LogP contribution >= 0.6 is 0 Å². The molecule has 0 aromatic heterocycles. The Hall–Kier alpha value is -3.92. The number of hydrogen-bond donors (Lipinski definition) is 3. The third kappa shape index (κ3) is 10.3. The topological polar surface area (TPSA) is 103 Å². The van der Waals surface area contributed by atoms with E-state index in [9.17, 15) is 14.7 Å². The summed E-state index contributed by atoms with van der Waals surface area (Å²) in [6.45, 7) is 8.24. The molecular formula is C36H48N4O5. The molecule has 9 nitrogen and oxygen atoms in total. The maximum absolute atomic E-state index is 14.3. The van der Waals surface area contributed by atoms with E-state index in [0.717, 1.165) is 25.8 Å². The summed E-state index contributed by atoms with van der Waals surface area (Å²) in [4.78, 5) is 31.0. The van der Waals surface area contributed by atoms with E-state index in [-0.39, 0.29) is 30.6 Å². The van der Waals surface area contributed by atoms with Crippen molar-refractivity contribution in [3.05, 3.63) is 90.0 Å². The highest BCUT2D eigenvalue weighted by atomic mass is 16.5. The van der Waals surface area contributed by atoms with Crippen molar-refractivity contribution in [2.45, 2.75) is 64.8 Å². The minimum Gasteiger partial charge on any atom is -0.490 e. The molecule has 1 aliphatic rings. The van der Waals surface area contributed by atoms with E-state index >= 15 is 0 Å². The molecule has 4 rings (SSSR count). The monoisotopic (exact) mass is 616 g/mol. The molecule has 3 aromatic rings. The van der Waals surface area contributed by atoms with E-state index < -0.39 is 12.1 Å². The van der Waals surface area contributed by atoms with Crippen LogP contribution in [0.5, 0.6) is 5.75 Å². The molecular weight excluding hydrogens is 568 g/mol. The number of aliphatic hydroxyl groups excluding tert-OH is 1. The van der Waals surface area contributed by atoms with E-state index in [1.807, 2.05) is 50.2 Å². The molecule has 0 radical (unpaired) electrons. The van der Waals surface area contributed by atoms with Gasteiger partial charge in [0.1, 0.15) is 5.75 Å². The van der Waals surface area contributed by atoms with Gasteiger partial charge < -0.3 is 30.1 Å². The number of ether oxygens (including phenoxy) is 2. The fourth-order valence-electron chi connectivity index (χ4n) is 5.54. The van der Waals surface area contributed by atoms with E-state index in [4.69, 9.17) is 9.47 Å². The molecule has 242 valence electrons. The van der Waals surface area contributed by atoms with Gasteiger partial charge in [0, 0.05) is 43.5 Å². The number of amides is 3. The van der Waals surface area contributed by atoms with E-state index in [1.54, 1.807) is 35.2 Å². The molecule has 4 atom stereocenters. The summed E-state index contributed by atoms with van der Waals surface area (Å²) in [5.74, 6) is 0.160. The smallest absolute Gasteiger partial charge is 0.323 e. The van der Waals surface area contributed by atoms with Crippen LogP contribution in [0.1, 0.15) is 56.0 Å². The number of nitrogens with one attached hydrogen (secondary N) is 2. The first-order chi connectivity index (χ1) is 21.7. The molecule has 1 aliphatic heterocycles. The van der Waals surface area contributed by atoms with Crippen molar-refractivity contribution < 1.29 is 24.2 Å². The van der Waals surface area contributed by atoms with Crippen LogP contribution in [0.2, 0.25) is 0 Å². The first-order valence-electron chi connectivity index (χ1n) is 15.9. The molecule has 9 heteroatoms. The lowest BCUT2D eigenvalue weighted by Crippen LogP contribution is -2.47. The normalized spacial score (nSPS) is 20.4. The zero-order valence-corrected chi connectivity index (χ0v) is 26.9. The van der Waals surface area contributed by atoms with E-state index in [1.165, 1.54) is 5.56 Å². The minimum atomic E-state index is -0.446. The second-order valence-electron chi connectivity index (χ2n) is 12.1. The Balaban J connectivity index is 1.59. The lowest BCUT2D eigenvalue weighted by molar-refractivity contribution is -0.0177. The van der Waals surface area contributed by atoms with Gasteiger partial charge in [-0.05, 0) is 76.1 Å². The average molecular weight is 617 g/mol. The number of likely N-dealkylation sites (N-methyl/N-ethyl adjacent to an activating group) is 1. The number of benzene rings is 3. The molecule has 0 saturated carbocycles. The third-order valence-electron chi connectivity index (χ3n) is 8.13. The molecule has 3 aromatic carbocycles. The molecule has 3 N–H and O–H groups in total. The first-order valence-corrected chi connectivity index (χ1v) is 15.9. The molecule has 3 amide bonds. The Bertz CT molecular complexity index is 1360. The Morgan fingerprint density at radius 3 is 2.40 bits per heavy atom. The highest BCUT2D eigenvalue weighted by Crippen LogP contribution is 2.29. The fraction of sp³-hybridized carbons (Fsp3) is 0.444. The summed E-state index contributed by atoms with van der Waals surface area (Å²) in [5.41, 5.74) is 2.68. The van der Waals surface area contributed by atoms with Gasteiger partial charge in [0.2, 0.25) is 0 Å². The second-order valence-corrected chi connectivity index (χ2v) is 12.1. The standard InChI is InChI=1S/C36H48N4O5/c1-26-22-40(27(2)25-41)35(42)32-21-31(38-36(43)37-30-16-9-6-10-17-30)18-19-33(32)45-28(3)13-11-12-20-44-34(26)24-39(4)23-29-14-7-5-8-15-29/h5-10,14-19,21,26-28,34,41H,11-13,20,22-25H2,1-4H3,(H2,37,38,43)/t26-,27-,28-,34-/m0/s1. The van der Waals surface area contributed by atoms with Crippen LogP contribution in [0.25, 0.3) is 0 Å². The van der Waals surface area contributed by atoms with Gasteiger partial charge in [-0.3, -0.25) is 9.69 Å². The summed E-state index contributed by atoms with van der Waals surface area (Å²) in [5, 5.41) is 15.9. The minimum absolute atomic E-state index is 0.0228. The van der Waals surface area contributed by atoms with Crippen LogP contribution in [0, 0.1) is 5.92 Å². The predicted molar refractivity (Wildman–Crippen MR) is 179 cm³/mol. The molecule has 0 unspecified atom stereocenters. The molecule has 45 heavy (non-hydrogen) atoms. The summed E-state index contributed by atoms with van der Waals surface area (Å²) >= 11 is 0. The highest BCUT2D eigenvalue weighted by molar-refractivity contribution is 6.02. The Kier molecular flexibility index (Phi) is 12.8. The van der Waals surface area contributed by atoms with Crippen LogP contribution in [0.3, 0.4) is 0 Å². The van der Waals surface area contributed by atoms with E-state index in [2.05, 4.69) is 41.6 Å². The van der Waals surface area contributed by atoms with Crippen molar-refractivity contribution in [2.75, 3.05) is 44.0 Å². The van der Waals surface area contributed by atoms with Crippen LogP contribution in [-0.2, 0) is 11.3 Å². The number of nitrogens with zero attached hydrogens (tertiary/aromatic N) is 2. The number of aliphatic hydroxyl groups is 1. The summed E-state index contributed by atoms with van der Waals surface area (Å²) in [6, 6.07) is 23.8.